The van der Waals surface area contributed by atoms with Gasteiger partial charge in [-0.2, -0.15) is 0 Å². The molecule has 1 saturated carbocycles. The second kappa shape index (κ2) is 7.43. The Bertz CT molecular complexity index is 430. The highest BCUT2D eigenvalue weighted by Gasteiger charge is 2.32. The van der Waals surface area contributed by atoms with Crippen molar-refractivity contribution in [1.29, 1.82) is 0 Å². The average Bonchev–Trinajstić information content (AvgIpc) is 2.85. The summed E-state index contributed by atoms with van der Waals surface area (Å²) < 4.78 is 6.90. The summed E-state index contributed by atoms with van der Waals surface area (Å²) in [6, 6.07) is 6.07. The number of para-hydroxylation sites is 1. The van der Waals surface area contributed by atoms with Crippen molar-refractivity contribution < 1.29 is 9.84 Å². The zero-order chi connectivity index (χ0) is 14.4. The smallest absolute Gasteiger partial charge is 0.138 e. The SMILES string of the molecule is CCCNCc1cccc(Br)c1OCC1(O)CCCC1. The zero-order valence-electron chi connectivity index (χ0n) is 12.1. The molecule has 0 aliphatic heterocycles. The lowest BCUT2D eigenvalue weighted by atomic mass is 10.0. The van der Waals surface area contributed by atoms with E-state index < -0.39 is 5.60 Å². The number of hydrogen-bond donors (Lipinski definition) is 2. The molecule has 0 heterocycles. The van der Waals surface area contributed by atoms with E-state index in [-0.39, 0.29) is 0 Å². The van der Waals surface area contributed by atoms with Gasteiger partial charge in [-0.15, -0.1) is 0 Å². The predicted octanol–water partition coefficient (Wildman–Crippen LogP) is 3.63. The molecule has 0 saturated heterocycles. The summed E-state index contributed by atoms with van der Waals surface area (Å²) in [5.41, 5.74) is 0.498. The number of halogens is 1. The van der Waals surface area contributed by atoms with Crippen molar-refractivity contribution >= 4 is 15.9 Å². The first-order chi connectivity index (χ1) is 9.64. The number of aliphatic hydroxyl groups is 1. The van der Waals surface area contributed by atoms with Gasteiger partial charge in [0.15, 0.2) is 0 Å². The summed E-state index contributed by atoms with van der Waals surface area (Å²) in [4.78, 5) is 0. The summed E-state index contributed by atoms with van der Waals surface area (Å²) in [5.74, 6) is 0.858. The van der Waals surface area contributed by atoms with Crippen LogP contribution in [0.15, 0.2) is 22.7 Å². The molecule has 0 atom stereocenters. The quantitative estimate of drug-likeness (QED) is 0.744. The molecule has 2 N–H and O–H groups in total. The molecule has 3 nitrogen and oxygen atoms in total. The first kappa shape index (κ1) is 15.8. The Kier molecular flexibility index (Phi) is 5.87. The minimum atomic E-state index is -0.636. The van der Waals surface area contributed by atoms with Gasteiger partial charge in [-0.1, -0.05) is 31.9 Å². The lowest BCUT2D eigenvalue weighted by Crippen LogP contribution is -2.32. The van der Waals surface area contributed by atoms with E-state index >= 15 is 0 Å². The molecule has 1 aliphatic carbocycles. The number of hydrogen-bond acceptors (Lipinski definition) is 3. The number of rotatable bonds is 7. The molecule has 1 aromatic carbocycles. The minimum absolute atomic E-state index is 0.385. The van der Waals surface area contributed by atoms with E-state index in [4.69, 9.17) is 4.74 Å². The monoisotopic (exact) mass is 341 g/mol. The van der Waals surface area contributed by atoms with E-state index in [1.807, 2.05) is 12.1 Å². The summed E-state index contributed by atoms with van der Waals surface area (Å²) >= 11 is 3.55. The Balaban J connectivity index is 2.01. The molecule has 112 valence electrons. The number of nitrogens with one attached hydrogen (secondary N) is 1. The van der Waals surface area contributed by atoms with E-state index in [0.717, 1.165) is 61.0 Å². The summed E-state index contributed by atoms with van der Waals surface area (Å²) in [6.07, 6.45) is 5.01. The van der Waals surface area contributed by atoms with Gasteiger partial charge >= 0.3 is 0 Å². The lowest BCUT2D eigenvalue weighted by Gasteiger charge is -2.23. The first-order valence-corrected chi connectivity index (χ1v) is 8.27. The molecule has 4 heteroatoms. The van der Waals surface area contributed by atoms with E-state index in [2.05, 4.69) is 34.2 Å². The van der Waals surface area contributed by atoms with E-state index in [0.29, 0.717) is 6.61 Å². The third-order valence-electron chi connectivity index (χ3n) is 3.81. The molecular formula is C16H24BrNO2. The molecule has 1 fully saturated rings. The maximum Gasteiger partial charge on any atom is 0.138 e. The first-order valence-electron chi connectivity index (χ1n) is 7.48. The van der Waals surface area contributed by atoms with Crippen molar-refractivity contribution in [2.24, 2.45) is 0 Å². The lowest BCUT2D eigenvalue weighted by molar-refractivity contribution is 0.000883. The van der Waals surface area contributed by atoms with Gasteiger partial charge in [0.05, 0.1) is 10.1 Å². The molecule has 0 amide bonds. The van der Waals surface area contributed by atoms with Crippen LogP contribution < -0.4 is 10.1 Å². The summed E-state index contributed by atoms with van der Waals surface area (Å²) in [7, 11) is 0. The van der Waals surface area contributed by atoms with Crippen LogP contribution in [0.2, 0.25) is 0 Å². The Morgan fingerprint density at radius 2 is 2.10 bits per heavy atom. The van der Waals surface area contributed by atoms with Crippen LogP contribution in [0, 0.1) is 0 Å². The van der Waals surface area contributed by atoms with Gasteiger partial charge in [-0.25, -0.2) is 0 Å². The van der Waals surface area contributed by atoms with Crippen molar-refractivity contribution in [2.75, 3.05) is 13.2 Å². The molecule has 0 bridgehead atoms. The van der Waals surface area contributed by atoms with E-state index in [1.54, 1.807) is 0 Å². The van der Waals surface area contributed by atoms with Crippen molar-refractivity contribution in [3.8, 4) is 5.75 Å². The Morgan fingerprint density at radius 1 is 1.35 bits per heavy atom. The second-order valence-electron chi connectivity index (χ2n) is 5.62. The Hall–Kier alpha value is -0.580. The highest BCUT2D eigenvalue weighted by atomic mass is 79.9. The molecule has 0 radical (unpaired) electrons. The van der Waals surface area contributed by atoms with Crippen molar-refractivity contribution in [3.63, 3.8) is 0 Å². The van der Waals surface area contributed by atoms with Crippen LogP contribution >= 0.6 is 15.9 Å². The fourth-order valence-electron chi connectivity index (χ4n) is 2.64. The fourth-order valence-corrected chi connectivity index (χ4v) is 3.16. The Morgan fingerprint density at radius 3 is 2.80 bits per heavy atom. The van der Waals surface area contributed by atoms with Gasteiger partial charge in [0.2, 0.25) is 0 Å². The van der Waals surface area contributed by atoms with Gasteiger partial charge in [0.25, 0.3) is 0 Å². The van der Waals surface area contributed by atoms with Gasteiger partial charge in [-0.05, 0) is 47.8 Å². The highest BCUT2D eigenvalue weighted by Crippen LogP contribution is 2.33. The van der Waals surface area contributed by atoms with Crippen LogP contribution in [-0.2, 0) is 6.54 Å². The summed E-state index contributed by atoms with van der Waals surface area (Å²) in [6.45, 7) is 4.33. The fraction of sp³-hybridized carbons (Fsp3) is 0.625. The van der Waals surface area contributed by atoms with Crippen molar-refractivity contribution in [1.82, 2.24) is 5.32 Å². The van der Waals surface area contributed by atoms with Gasteiger partial charge < -0.3 is 15.2 Å². The highest BCUT2D eigenvalue weighted by molar-refractivity contribution is 9.10. The van der Waals surface area contributed by atoms with Gasteiger partial charge in [-0.3, -0.25) is 0 Å². The van der Waals surface area contributed by atoms with Gasteiger partial charge in [0, 0.05) is 12.1 Å². The molecule has 1 aliphatic rings. The average molecular weight is 342 g/mol. The van der Waals surface area contributed by atoms with Crippen LogP contribution in [0.5, 0.6) is 5.75 Å². The van der Waals surface area contributed by atoms with Crippen LogP contribution in [0.3, 0.4) is 0 Å². The Labute approximate surface area is 129 Å². The molecule has 20 heavy (non-hydrogen) atoms. The maximum absolute atomic E-state index is 10.4. The molecule has 0 unspecified atom stereocenters. The van der Waals surface area contributed by atoms with E-state index in [1.165, 1.54) is 0 Å². The molecule has 2 rings (SSSR count). The van der Waals surface area contributed by atoms with Crippen LogP contribution in [0.1, 0.15) is 44.6 Å². The molecule has 0 spiro atoms. The largest absolute Gasteiger partial charge is 0.489 e. The third kappa shape index (κ3) is 4.21. The third-order valence-corrected chi connectivity index (χ3v) is 4.43. The van der Waals surface area contributed by atoms with Gasteiger partial charge in [0.1, 0.15) is 12.4 Å². The maximum atomic E-state index is 10.4. The second-order valence-corrected chi connectivity index (χ2v) is 6.48. The van der Waals surface area contributed by atoms with Crippen LogP contribution in [-0.4, -0.2) is 23.9 Å². The van der Waals surface area contributed by atoms with Crippen molar-refractivity contribution in [3.05, 3.63) is 28.2 Å². The molecule has 0 aromatic heterocycles. The van der Waals surface area contributed by atoms with E-state index in [9.17, 15) is 5.11 Å². The standard InChI is InChI=1S/C16H24BrNO2/c1-2-10-18-11-13-6-5-7-14(17)15(13)20-12-16(19)8-3-4-9-16/h5-7,18-19H,2-4,8-12H2,1H3. The topological polar surface area (TPSA) is 41.5 Å². The molecule has 1 aromatic rings. The minimum Gasteiger partial charge on any atom is -0.489 e. The number of benzene rings is 1. The summed E-state index contributed by atoms with van der Waals surface area (Å²) in [5, 5.41) is 13.8. The zero-order valence-corrected chi connectivity index (χ0v) is 13.7. The predicted molar refractivity (Wildman–Crippen MR) is 85.1 cm³/mol. The normalized spacial score (nSPS) is 17.4. The van der Waals surface area contributed by atoms with Crippen LogP contribution in [0.25, 0.3) is 0 Å². The number of ether oxygens (including phenoxy) is 1. The van der Waals surface area contributed by atoms with Crippen molar-refractivity contribution in [2.45, 2.75) is 51.2 Å². The molecular weight excluding hydrogens is 318 g/mol. The van der Waals surface area contributed by atoms with Crippen LogP contribution in [0.4, 0.5) is 0 Å².